The average molecular weight is 448 g/mol. The molecular formula is C23H24F3N3OS. The van der Waals surface area contributed by atoms with Crippen LogP contribution in [0.25, 0.3) is 11.0 Å². The number of amides is 1. The first-order valence-electron chi connectivity index (χ1n) is 10.8. The minimum Gasteiger partial charge on any atom is -0.348 e. The molecule has 8 heteroatoms. The third kappa shape index (κ3) is 4.22. The largest absolute Gasteiger partial charge is 0.425 e. The van der Waals surface area contributed by atoms with Crippen LogP contribution >= 0.6 is 11.3 Å². The van der Waals surface area contributed by atoms with Crippen molar-refractivity contribution in [3.63, 3.8) is 0 Å². The summed E-state index contributed by atoms with van der Waals surface area (Å²) >= 11 is 0.758. The standard InChI is InChI=1S/C23H24F3N3OS/c24-23(25,26)19-11-10-18(31-19)20(13-6-2-1-3-7-13)29-22(30)15-12-14(15)21-27-16-8-4-5-9-17(16)28-21/h4-5,8-11,13-15,20H,1-3,6-7,12H2,(H,27,28)(H,29,30)/t14-,15?,20+/m0/s1. The van der Waals surface area contributed by atoms with Gasteiger partial charge in [0.25, 0.3) is 0 Å². The van der Waals surface area contributed by atoms with Crippen molar-refractivity contribution in [1.82, 2.24) is 15.3 Å². The molecule has 1 amide bonds. The van der Waals surface area contributed by atoms with Crippen LogP contribution in [-0.2, 0) is 11.0 Å². The second-order valence-electron chi connectivity index (χ2n) is 8.67. The zero-order valence-corrected chi connectivity index (χ0v) is 17.7. The van der Waals surface area contributed by atoms with Crippen molar-refractivity contribution in [3.05, 3.63) is 52.0 Å². The van der Waals surface area contributed by atoms with Crippen LogP contribution in [0.5, 0.6) is 0 Å². The van der Waals surface area contributed by atoms with E-state index in [0.717, 1.165) is 66.4 Å². The number of nitrogens with zero attached hydrogens (tertiary/aromatic N) is 1. The molecule has 2 N–H and O–H groups in total. The van der Waals surface area contributed by atoms with E-state index in [1.54, 1.807) is 0 Å². The first-order valence-corrected chi connectivity index (χ1v) is 11.6. The van der Waals surface area contributed by atoms with Crippen molar-refractivity contribution >= 4 is 28.3 Å². The normalized spacial score (nSPS) is 23.1. The molecule has 2 heterocycles. The number of alkyl halides is 3. The Bertz CT molecular complexity index is 1050. The number of fused-ring (bicyclic) bond motifs is 1. The zero-order valence-electron chi connectivity index (χ0n) is 16.9. The third-order valence-corrected chi connectivity index (χ3v) is 7.73. The van der Waals surface area contributed by atoms with E-state index in [-0.39, 0.29) is 29.7 Å². The lowest BCUT2D eigenvalue weighted by Crippen LogP contribution is -2.35. The minimum absolute atomic E-state index is 0.0356. The van der Waals surface area contributed by atoms with Crippen molar-refractivity contribution in [3.8, 4) is 0 Å². The summed E-state index contributed by atoms with van der Waals surface area (Å²) in [6.07, 6.45) is 1.48. The molecule has 0 aliphatic heterocycles. The van der Waals surface area contributed by atoms with Crippen molar-refractivity contribution in [1.29, 1.82) is 0 Å². The van der Waals surface area contributed by atoms with E-state index in [1.807, 2.05) is 24.3 Å². The van der Waals surface area contributed by atoms with Crippen molar-refractivity contribution in [2.45, 2.75) is 56.7 Å². The van der Waals surface area contributed by atoms with E-state index in [0.29, 0.717) is 11.3 Å². The second kappa shape index (κ2) is 7.97. The lowest BCUT2D eigenvalue weighted by Gasteiger charge is -2.30. The first-order chi connectivity index (χ1) is 14.9. The highest BCUT2D eigenvalue weighted by Gasteiger charge is 2.47. The molecule has 0 spiro atoms. The summed E-state index contributed by atoms with van der Waals surface area (Å²) in [6.45, 7) is 0. The number of carbonyl (C=O) groups is 1. The fourth-order valence-electron chi connectivity index (χ4n) is 4.76. The molecule has 4 nitrogen and oxygen atoms in total. The summed E-state index contributed by atoms with van der Waals surface area (Å²) in [5.74, 6) is 0.761. The number of imidazole rings is 1. The quantitative estimate of drug-likeness (QED) is 0.490. The summed E-state index contributed by atoms with van der Waals surface area (Å²) in [4.78, 5) is 21.0. The summed E-state index contributed by atoms with van der Waals surface area (Å²) < 4.78 is 39.4. The van der Waals surface area contributed by atoms with Crippen LogP contribution in [0.15, 0.2) is 36.4 Å². The number of aromatic nitrogens is 2. The van der Waals surface area contributed by atoms with Gasteiger partial charge in [0.15, 0.2) is 0 Å². The van der Waals surface area contributed by atoms with E-state index in [9.17, 15) is 18.0 Å². The Labute approximate surface area is 182 Å². The van der Waals surface area contributed by atoms with Gasteiger partial charge in [-0.1, -0.05) is 31.4 Å². The van der Waals surface area contributed by atoms with E-state index in [1.165, 1.54) is 6.07 Å². The Kier molecular flexibility index (Phi) is 5.28. The molecule has 164 valence electrons. The highest BCUT2D eigenvalue weighted by atomic mass is 32.1. The van der Waals surface area contributed by atoms with E-state index in [2.05, 4.69) is 15.3 Å². The molecule has 2 fully saturated rings. The SMILES string of the molecule is O=C(N[C@@H](c1ccc(C(F)(F)F)s1)C1CCCCC1)C1C[C@@H]1c1nc2ccccc2[nH]1. The van der Waals surface area contributed by atoms with E-state index >= 15 is 0 Å². The number of halogens is 3. The van der Waals surface area contributed by atoms with Gasteiger partial charge >= 0.3 is 6.18 Å². The van der Waals surface area contributed by atoms with Gasteiger partial charge in [-0.05, 0) is 49.4 Å². The second-order valence-corrected chi connectivity index (χ2v) is 9.79. The van der Waals surface area contributed by atoms with Gasteiger partial charge in [0.2, 0.25) is 5.91 Å². The molecule has 2 saturated carbocycles. The fourth-order valence-corrected chi connectivity index (χ4v) is 5.78. The van der Waals surface area contributed by atoms with Crippen LogP contribution < -0.4 is 5.32 Å². The van der Waals surface area contributed by atoms with Gasteiger partial charge in [-0.25, -0.2) is 4.98 Å². The van der Waals surface area contributed by atoms with Crippen LogP contribution in [0.4, 0.5) is 13.2 Å². The van der Waals surface area contributed by atoms with Crippen LogP contribution in [0.3, 0.4) is 0 Å². The summed E-state index contributed by atoms with van der Waals surface area (Å²) in [5.41, 5.74) is 1.82. The lowest BCUT2D eigenvalue weighted by molar-refractivity contribution is -0.134. The number of hydrogen-bond acceptors (Lipinski definition) is 3. The smallest absolute Gasteiger partial charge is 0.348 e. The summed E-state index contributed by atoms with van der Waals surface area (Å²) in [7, 11) is 0. The highest BCUT2D eigenvalue weighted by Crippen LogP contribution is 2.48. The molecule has 0 radical (unpaired) electrons. The van der Waals surface area contributed by atoms with Gasteiger partial charge in [0, 0.05) is 16.7 Å². The highest BCUT2D eigenvalue weighted by molar-refractivity contribution is 7.12. The van der Waals surface area contributed by atoms with Gasteiger partial charge in [-0.2, -0.15) is 13.2 Å². The topological polar surface area (TPSA) is 57.8 Å². The summed E-state index contributed by atoms with van der Waals surface area (Å²) in [6, 6.07) is 10.1. The number of benzene rings is 1. The van der Waals surface area contributed by atoms with Crippen molar-refractivity contribution in [2.24, 2.45) is 11.8 Å². The Morgan fingerprint density at radius 1 is 1.13 bits per heavy atom. The van der Waals surface area contributed by atoms with Crippen LogP contribution in [0.1, 0.15) is 66.1 Å². The van der Waals surface area contributed by atoms with Crippen molar-refractivity contribution in [2.75, 3.05) is 0 Å². The van der Waals surface area contributed by atoms with Gasteiger partial charge in [-0.3, -0.25) is 4.79 Å². The number of hydrogen-bond donors (Lipinski definition) is 2. The zero-order chi connectivity index (χ0) is 21.6. The van der Waals surface area contributed by atoms with E-state index < -0.39 is 11.1 Å². The molecule has 2 aliphatic carbocycles. The van der Waals surface area contributed by atoms with Gasteiger partial charge in [0.05, 0.1) is 17.1 Å². The lowest BCUT2D eigenvalue weighted by atomic mass is 9.83. The maximum Gasteiger partial charge on any atom is 0.425 e. The molecule has 5 rings (SSSR count). The number of rotatable bonds is 5. The maximum atomic E-state index is 13.1. The van der Waals surface area contributed by atoms with Crippen molar-refractivity contribution < 1.29 is 18.0 Å². The number of thiophene rings is 1. The van der Waals surface area contributed by atoms with Crippen LogP contribution in [-0.4, -0.2) is 15.9 Å². The number of aromatic amines is 1. The molecule has 1 unspecified atom stereocenters. The van der Waals surface area contributed by atoms with Gasteiger partial charge < -0.3 is 10.3 Å². The minimum atomic E-state index is -4.35. The fraction of sp³-hybridized carbons (Fsp3) is 0.478. The van der Waals surface area contributed by atoms with Crippen LogP contribution in [0, 0.1) is 11.8 Å². The molecule has 1 aromatic carbocycles. The Morgan fingerprint density at radius 2 is 1.90 bits per heavy atom. The number of H-pyrrole nitrogens is 1. The number of para-hydroxylation sites is 2. The third-order valence-electron chi connectivity index (χ3n) is 6.52. The predicted molar refractivity (Wildman–Crippen MR) is 114 cm³/mol. The number of nitrogens with one attached hydrogen (secondary N) is 2. The van der Waals surface area contributed by atoms with Gasteiger partial charge in [0.1, 0.15) is 10.7 Å². The molecule has 0 saturated heterocycles. The molecule has 31 heavy (non-hydrogen) atoms. The Hall–Kier alpha value is -2.35. The maximum absolute atomic E-state index is 13.1. The molecular weight excluding hydrogens is 423 g/mol. The molecule has 3 aromatic rings. The molecule has 2 aromatic heterocycles. The first kappa shape index (κ1) is 20.5. The average Bonchev–Trinajstić information content (AvgIpc) is 3.19. The van der Waals surface area contributed by atoms with Crippen LogP contribution in [0.2, 0.25) is 0 Å². The predicted octanol–water partition coefficient (Wildman–Crippen LogP) is 6.18. The Morgan fingerprint density at radius 3 is 2.61 bits per heavy atom. The Balaban J connectivity index is 1.33. The summed E-state index contributed by atoms with van der Waals surface area (Å²) in [5, 5.41) is 3.13. The van der Waals surface area contributed by atoms with E-state index in [4.69, 9.17) is 0 Å². The number of carbonyl (C=O) groups excluding carboxylic acids is 1. The molecule has 3 atom stereocenters. The molecule has 2 aliphatic rings. The monoisotopic (exact) mass is 447 g/mol. The molecule has 0 bridgehead atoms. The van der Waals surface area contributed by atoms with Gasteiger partial charge in [-0.15, -0.1) is 11.3 Å².